The Morgan fingerprint density at radius 3 is 2.48 bits per heavy atom. The fraction of sp³-hybridized carbons (Fsp3) is 0.304. The number of aliphatic carboxylic acids is 1. The number of carbonyl (C=O) groups excluding carboxylic acids is 1. The summed E-state index contributed by atoms with van der Waals surface area (Å²) < 4.78 is 0. The number of carbonyl (C=O) groups is 2. The number of rotatable bonds is 9. The van der Waals surface area contributed by atoms with E-state index < -0.39 is 29.9 Å². The van der Waals surface area contributed by atoms with E-state index in [9.17, 15) is 19.8 Å². The molecular weight excluding hydrogens is 396 g/mol. The molecule has 31 heavy (non-hydrogen) atoms. The van der Waals surface area contributed by atoms with Crippen LogP contribution in [0.5, 0.6) is 0 Å². The van der Waals surface area contributed by atoms with Gasteiger partial charge in [-0.2, -0.15) is 0 Å². The number of aromatic nitrogens is 3. The van der Waals surface area contributed by atoms with Crippen LogP contribution in [0.4, 0.5) is 0 Å². The summed E-state index contributed by atoms with van der Waals surface area (Å²) in [6, 6.07) is 15.6. The summed E-state index contributed by atoms with van der Waals surface area (Å²) in [6.07, 6.45) is 1.83. The first-order valence-corrected chi connectivity index (χ1v) is 9.98. The lowest BCUT2D eigenvalue weighted by molar-refractivity contribution is -0.151. The maximum absolute atomic E-state index is 12.5. The molecule has 1 aromatic heterocycles. The van der Waals surface area contributed by atoms with Crippen molar-refractivity contribution in [3.05, 3.63) is 71.5 Å². The average molecular weight is 422 g/mol. The van der Waals surface area contributed by atoms with Gasteiger partial charge in [0.1, 0.15) is 0 Å². The van der Waals surface area contributed by atoms with Crippen LogP contribution in [0.25, 0.3) is 11.1 Å². The Bertz CT molecular complexity index is 1030. The maximum atomic E-state index is 12.5. The molecule has 8 heteroatoms. The normalized spacial score (nSPS) is 13.9. The molecule has 0 bridgehead atoms. The number of aliphatic hydroxyl groups excluding tert-OH is 1. The molecular formula is C23H26N4O4. The largest absolute Gasteiger partial charge is 0.481 e. The zero-order valence-electron chi connectivity index (χ0n) is 17.5. The van der Waals surface area contributed by atoms with Crippen molar-refractivity contribution in [2.75, 3.05) is 6.61 Å². The fourth-order valence-electron chi connectivity index (χ4n) is 3.45. The van der Waals surface area contributed by atoms with Crippen LogP contribution in [-0.4, -0.2) is 50.1 Å². The SMILES string of the molecule is Cc1cccc(-c2ccc(C[C@H](C[C@@](C)(CO)C(=O)O)NC(=O)c3c[nH]nn3)cc2)c1. The summed E-state index contributed by atoms with van der Waals surface area (Å²) in [6.45, 7) is 2.97. The van der Waals surface area contributed by atoms with Crippen LogP contribution in [0.2, 0.25) is 0 Å². The molecule has 8 nitrogen and oxygen atoms in total. The number of hydrogen-bond donors (Lipinski definition) is 4. The monoisotopic (exact) mass is 422 g/mol. The Hall–Kier alpha value is -3.52. The number of H-pyrrole nitrogens is 1. The minimum absolute atomic E-state index is 0.0576. The van der Waals surface area contributed by atoms with E-state index >= 15 is 0 Å². The van der Waals surface area contributed by atoms with Gasteiger partial charge < -0.3 is 15.5 Å². The second kappa shape index (κ2) is 9.53. The van der Waals surface area contributed by atoms with E-state index in [1.54, 1.807) is 0 Å². The molecule has 3 rings (SSSR count). The van der Waals surface area contributed by atoms with Crippen molar-refractivity contribution in [1.29, 1.82) is 0 Å². The van der Waals surface area contributed by atoms with Crippen molar-refractivity contribution in [3.63, 3.8) is 0 Å². The molecule has 0 spiro atoms. The van der Waals surface area contributed by atoms with Crippen LogP contribution < -0.4 is 5.32 Å². The van der Waals surface area contributed by atoms with Gasteiger partial charge in [0.2, 0.25) is 0 Å². The van der Waals surface area contributed by atoms with Crippen molar-refractivity contribution in [2.45, 2.75) is 32.7 Å². The molecule has 0 aliphatic carbocycles. The van der Waals surface area contributed by atoms with E-state index in [4.69, 9.17) is 0 Å². The molecule has 2 atom stereocenters. The molecule has 4 N–H and O–H groups in total. The van der Waals surface area contributed by atoms with Crippen LogP contribution in [0.15, 0.2) is 54.7 Å². The van der Waals surface area contributed by atoms with Crippen molar-refractivity contribution in [1.82, 2.24) is 20.7 Å². The topological polar surface area (TPSA) is 128 Å². The number of aliphatic hydroxyl groups is 1. The highest BCUT2D eigenvalue weighted by Crippen LogP contribution is 2.26. The van der Waals surface area contributed by atoms with E-state index in [0.717, 1.165) is 16.7 Å². The Labute approximate surface area is 180 Å². The highest BCUT2D eigenvalue weighted by atomic mass is 16.4. The molecule has 0 saturated heterocycles. The van der Waals surface area contributed by atoms with Crippen LogP contribution in [0.3, 0.4) is 0 Å². The van der Waals surface area contributed by atoms with Gasteiger partial charge in [0.15, 0.2) is 5.69 Å². The minimum Gasteiger partial charge on any atom is -0.481 e. The van der Waals surface area contributed by atoms with Gasteiger partial charge in [0.05, 0.1) is 18.2 Å². The van der Waals surface area contributed by atoms with Crippen LogP contribution in [0.1, 0.15) is 35.0 Å². The van der Waals surface area contributed by atoms with Crippen molar-refractivity contribution < 1.29 is 19.8 Å². The number of benzene rings is 2. The van der Waals surface area contributed by atoms with E-state index in [1.807, 2.05) is 49.4 Å². The molecule has 0 aliphatic rings. The van der Waals surface area contributed by atoms with Crippen molar-refractivity contribution >= 4 is 11.9 Å². The number of nitrogens with one attached hydrogen (secondary N) is 2. The van der Waals surface area contributed by atoms with Crippen LogP contribution >= 0.6 is 0 Å². The Morgan fingerprint density at radius 1 is 1.16 bits per heavy atom. The summed E-state index contributed by atoms with van der Waals surface area (Å²) in [5.74, 6) is -1.58. The minimum atomic E-state index is -1.39. The Balaban J connectivity index is 1.80. The number of amides is 1. The molecule has 1 amide bonds. The van der Waals surface area contributed by atoms with Crippen molar-refractivity contribution in [3.8, 4) is 11.1 Å². The maximum Gasteiger partial charge on any atom is 0.311 e. The molecule has 0 fully saturated rings. The van der Waals surface area contributed by atoms with Gasteiger partial charge in [-0.25, -0.2) is 0 Å². The summed E-state index contributed by atoms with van der Waals surface area (Å²) in [7, 11) is 0. The van der Waals surface area contributed by atoms with E-state index in [2.05, 4.69) is 26.8 Å². The first kappa shape index (κ1) is 22.2. The molecule has 1 heterocycles. The number of nitrogens with zero attached hydrogens (tertiary/aromatic N) is 2. The Morgan fingerprint density at radius 2 is 1.90 bits per heavy atom. The number of aromatic amines is 1. The highest BCUT2D eigenvalue weighted by molar-refractivity contribution is 5.92. The summed E-state index contributed by atoms with van der Waals surface area (Å²) in [4.78, 5) is 24.2. The predicted octanol–water partition coefficient (Wildman–Crippen LogP) is 2.59. The second-order valence-electron chi connectivity index (χ2n) is 8.03. The number of aryl methyl sites for hydroxylation is 1. The molecule has 0 unspecified atom stereocenters. The second-order valence-corrected chi connectivity index (χ2v) is 8.03. The molecule has 0 radical (unpaired) electrons. The van der Waals surface area contributed by atoms with E-state index in [0.29, 0.717) is 6.42 Å². The molecule has 0 saturated carbocycles. The first-order chi connectivity index (χ1) is 14.8. The molecule has 2 aromatic carbocycles. The van der Waals surface area contributed by atoms with E-state index in [1.165, 1.54) is 18.7 Å². The van der Waals surface area contributed by atoms with E-state index in [-0.39, 0.29) is 12.1 Å². The van der Waals surface area contributed by atoms with Gasteiger partial charge in [-0.1, -0.05) is 59.3 Å². The third kappa shape index (κ3) is 5.55. The zero-order chi connectivity index (χ0) is 22.4. The number of hydrogen-bond acceptors (Lipinski definition) is 5. The standard InChI is InChI=1S/C23H26N4O4/c1-15-4-3-5-18(10-15)17-8-6-16(7-9-17)11-19(12-23(2,14-28)22(30)31)25-21(29)20-13-24-27-26-20/h3-10,13,19,28H,11-12,14H2,1-2H3,(H,25,29)(H,30,31)(H,24,26,27)/t19-,23+/m1/s1. The number of carboxylic acid groups (broad SMARTS) is 1. The van der Waals surface area contributed by atoms with Gasteiger partial charge in [-0.3, -0.25) is 14.7 Å². The lowest BCUT2D eigenvalue weighted by atomic mass is 9.82. The van der Waals surface area contributed by atoms with Gasteiger partial charge in [-0.05, 0) is 43.4 Å². The highest BCUT2D eigenvalue weighted by Gasteiger charge is 2.36. The lowest BCUT2D eigenvalue weighted by Gasteiger charge is -2.28. The molecule has 3 aromatic rings. The summed E-state index contributed by atoms with van der Waals surface area (Å²) >= 11 is 0. The number of carboxylic acids is 1. The fourth-order valence-corrected chi connectivity index (χ4v) is 3.45. The quantitative estimate of drug-likeness (QED) is 0.420. The Kier molecular flexibility index (Phi) is 6.81. The third-order valence-corrected chi connectivity index (χ3v) is 5.33. The summed E-state index contributed by atoms with van der Waals surface area (Å²) in [5.41, 5.74) is 3.02. The van der Waals surface area contributed by atoms with Crippen molar-refractivity contribution in [2.24, 2.45) is 5.41 Å². The average Bonchev–Trinajstić information content (AvgIpc) is 3.29. The van der Waals surface area contributed by atoms with Gasteiger partial charge in [0, 0.05) is 6.04 Å². The summed E-state index contributed by atoms with van der Waals surface area (Å²) in [5, 5.41) is 31.7. The first-order valence-electron chi connectivity index (χ1n) is 9.98. The predicted molar refractivity (Wildman–Crippen MR) is 115 cm³/mol. The smallest absolute Gasteiger partial charge is 0.311 e. The van der Waals surface area contributed by atoms with Crippen LogP contribution in [-0.2, 0) is 11.2 Å². The third-order valence-electron chi connectivity index (χ3n) is 5.33. The van der Waals surface area contributed by atoms with Gasteiger partial charge in [0.25, 0.3) is 5.91 Å². The van der Waals surface area contributed by atoms with Gasteiger partial charge >= 0.3 is 5.97 Å². The van der Waals surface area contributed by atoms with Gasteiger partial charge in [-0.15, -0.1) is 5.10 Å². The lowest BCUT2D eigenvalue weighted by Crippen LogP contribution is -2.44. The zero-order valence-corrected chi connectivity index (χ0v) is 17.5. The molecule has 162 valence electrons. The molecule has 0 aliphatic heterocycles. The van der Waals surface area contributed by atoms with Crippen LogP contribution in [0, 0.1) is 12.3 Å².